The third-order valence-corrected chi connectivity index (χ3v) is 5.27. The second-order valence-electron chi connectivity index (χ2n) is 7.79. The van der Waals surface area contributed by atoms with E-state index in [0.29, 0.717) is 24.4 Å². The lowest BCUT2D eigenvalue weighted by atomic mass is 9.94. The van der Waals surface area contributed by atoms with E-state index in [0.717, 1.165) is 39.6 Å². The van der Waals surface area contributed by atoms with Crippen molar-refractivity contribution in [3.63, 3.8) is 0 Å². The second-order valence-corrected chi connectivity index (χ2v) is 7.79. The number of fused-ring (bicyclic) bond motifs is 1. The molecular formula is C26H34N4O2. The highest BCUT2D eigenvalue weighted by molar-refractivity contribution is 6.03. The highest BCUT2D eigenvalue weighted by Gasteiger charge is 2.11. The van der Waals surface area contributed by atoms with Gasteiger partial charge in [0.05, 0.1) is 11.4 Å². The van der Waals surface area contributed by atoms with Crippen LogP contribution in [0.25, 0.3) is 16.3 Å². The molecule has 0 spiro atoms. The summed E-state index contributed by atoms with van der Waals surface area (Å²) in [6, 6.07) is 3.77. The van der Waals surface area contributed by atoms with Crippen LogP contribution in [0.4, 0.5) is 5.82 Å². The van der Waals surface area contributed by atoms with Crippen LogP contribution in [0.3, 0.4) is 0 Å². The van der Waals surface area contributed by atoms with Gasteiger partial charge in [0.2, 0.25) is 6.41 Å². The normalized spacial score (nSPS) is 15.0. The number of hydrogen-bond acceptors (Lipinski definition) is 5. The van der Waals surface area contributed by atoms with Gasteiger partial charge in [0.25, 0.3) is 0 Å². The number of anilines is 1. The van der Waals surface area contributed by atoms with Gasteiger partial charge in [0.15, 0.2) is 0 Å². The zero-order valence-corrected chi connectivity index (χ0v) is 19.8. The van der Waals surface area contributed by atoms with Gasteiger partial charge >= 0.3 is 0 Å². The number of aromatic nitrogens is 2. The van der Waals surface area contributed by atoms with Crippen molar-refractivity contribution in [1.82, 2.24) is 9.97 Å². The van der Waals surface area contributed by atoms with E-state index in [9.17, 15) is 10.0 Å². The number of nitrogens with one attached hydrogen (secondary N) is 1. The van der Waals surface area contributed by atoms with Crippen LogP contribution in [0.5, 0.6) is 0 Å². The van der Waals surface area contributed by atoms with Crippen molar-refractivity contribution in [3.8, 4) is 0 Å². The molecule has 0 unspecified atom stereocenters. The molecule has 0 aromatic carbocycles. The summed E-state index contributed by atoms with van der Waals surface area (Å²) in [4.78, 5) is 19.5. The van der Waals surface area contributed by atoms with Gasteiger partial charge in [0, 0.05) is 23.2 Å². The summed E-state index contributed by atoms with van der Waals surface area (Å²) in [6.45, 7) is 10.1. The standard InChI is InChI=1S/C23H28N4O2.C3H6/c1-6-15(4)20(21(8-3)27-29)9-16(5)19(7-2)22-10-17-13-25-23(26-14-28)11-18(17)12-24-22;1-2-3-1/h7,9-14,29H,6,8H2,1-5H3,(H,25,26,28);1-3H2/b16-9-,19-7+,20-15-,27-21-;. The molecule has 0 radical (unpaired) electrons. The summed E-state index contributed by atoms with van der Waals surface area (Å²) in [6.07, 6.45) is 14.2. The molecule has 1 saturated carbocycles. The Balaban J connectivity index is 0.00000111. The number of nitrogens with zero attached hydrogens (tertiary/aromatic N) is 3. The van der Waals surface area contributed by atoms with Crippen molar-refractivity contribution in [2.75, 3.05) is 5.32 Å². The van der Waals surface area contributed by atoms with E-state index in [1.54, 1.807) is 18.5 Å². The molecule has 0 aliphatic heterocycles. The summed E-state index contributed by atoms with van der Waals surface area (Å²) < 4.78 is 0. The van der Waals surface area contributed by atoms with Crippen molar-refractivity contribution < 1.29 is 10.0 Å². The van der Waals surface area contributed by atoms with Gasteiger partial charge in [-0.05, 0) is 68.5 Å². The van der Waals surface area contributed by atoms with Gasteiger partial charge in [0.1, 0.15) is 5.82 Å². The van der Waals surface area contributed by atoms with E-state index in [2.05, 4.69) is 40.4 Å². The molecule has 6 nitrogen and oxygen atoms in total. The molecular weight excluding hydrogens is 400 g/mol. The van der Waals surface area contributed by atoms with E-state index in [4.69, 9.17) is 0 Å². The molecule has 0 atom stereocenters. The predicted octanol–water partition coefficient (Wildman–Crippen LogP) is 6.68. The summed E-state index contributed by atoms with van der Waals surface area (Å²) in [5.74, 6) is 0.490. The van der Waals surface area contributed by atoms with E-state index in [1.165, 1.54) is 24.8 Å². The lowest BCUT2D eigenvalue weighted by Crippen LogP contribution is -2.04. The summed E-state index contributed by atoms with van der Waals surface area (Å²) in [5.41, 5.74) is 5.66. The molecule has 1 aliphatic carbocycles. The molecule has 2 N–H and O–H groups in total. The zero-order chi connectivity index (χ0) is 23.5. The Hall–Kier alpha value is -3.28. The van der Waals surface area contributed by atoms with E-state index < -0.39 is 0 Å². The topological polar surface area (TPSA) is 87.5 Å². The van der Waals surface area contributed by atoms with Gasteiger partial charge in [-0.25, -0.2) is 4.98 Å². The first-order valence-electron chi connectivity index (χ1n) is 11.2. The van der Waals surface area contributed by atoms with Crippen molar-refractivity contribution in [2.45, 2.75) is 66.7 Å². The number of carbonyl (C=O) groups is 1. The number of hydrogen-bond donors (Lipinski definition) is 2. The Bertz CT molecular complexity index is 1060. The van der Waals surface area contributed by atoms with Crippen LogP contribution in [0.1, 0.15) is 72.4 Å². The van der Waals surface area contributed by atoms with E-state index in [-0.39, 0.29) is 0 Å². The molecule has 2 heterocycles. The first-order chi connectivity index (χ1) is 15.5. The number of oxime groups is 1. The minimum Gasteiger partial charge on any atom is -0.411 e. The van der Waals surface area contributed by atoms with Crippen LogP contribution in [-0.4, -0.2) is 27.3 Å². The summed E-state index contributed by atoms with van der Waals surface area (Å²) in [7, 11) is 0. The Morgan fingerprint density at radius 1 is 1.09 bits per heavy atom. The molecule has 0 bridgehead atoms. The number of carbonyl (C=O) groups excluding carboxylic acids is 1. The maximum atomic E-state index is 10.6. The molecule has 3 rings (SSSR count). The molecule has 1 fully saturated rings. The molecule has 170 valence electrons. The maximum Gasteiger partial charge on any atom is 0.212 e. The number of pyridine rings is 2. The lowest BCUT2D eigenvalue weighted by Gasteiger charge is -2.13. The van der Waals surface area contributed by atoms with Crippen molar-refractivity contribution in [3.05, 3.63) is 59.1 Å². The van der Waals surface area contributed by atoms with Crippen molar-refractivity contribution in [2.24, 2.45) is 5.16 Å². The zero-order valence-electron chi connectivity index (χ0n) is 19.8. The number of allylic oxidation sites excluding steroid dienone is 6. The fourth-order valence-corrected chi connectivity index (χ4v) is 3.15. The maximum absolute atomic E-state index is 10.6. The van der Waals surface area contributed by atoms with Crippen LogP contribution >= 0.6 is 0 Å². The average Bonchev–Trinajstić information content (AvgIpc) is 3.69. The van der Waals surface area contributed by atoms with Crippen LogP contribution in [0.15, 0.2) is 58.6 Å². The van der Waals surface area contributed by atoms with E-state index in [1.807, 2.05) is 32.9 Å². The third-order valence-electron chi connectivity index (χ3n) is 5.27. The number of rotatable bonds is 8. The van der Waals surface area contributed by atoms with Gasteiger partial charge in [-0.15, -0.1) is 0 Å². The SMILES string of the molecule is C1CC1.C\C=C(/C(C)=C\C(C(\CC)=N/O)=C(/C)CC)c1cc2cnc(NC=O)cc2cn1. The summed E-state index contributed by atoms with van der Waals surface area (Å²) in [5, 5.41) is 17.3. The monoisotopic (exact) mass is 434 g/mol. The van der Waals surface area contributed by atoms with Crippen LogP contribution in [0, 0.1) is 0 Å². The van der Waals surface area contributed by atoms with Gasteiger partial charge in [-0.2, -0.15) is 0 Å². The van der Waals surface area contributed by atoms with Crippen LogP contribution in [0.2, 0.25) is 0 Å². The van der Waals surface area contributed by atoms with Gasteiger partial charge in [-0.1, -0.05) is 49.9 Å². The number of amides is 1. The average molecular weight is 435 g/mol. The quantitative estimate of drug-likeness (QED) is 0.159. The van der Waals surface area contributed by atoms with Crippen molar-refractivity contribution >= 4 is 34.3 Å². The highest BCUT2D eigenvalue weighted by Crippen LogP contribution is 2.27. The van der Waals surface area contributed by atoms with Crippen LogP contribution in [-0.2, 0) is 4.79 Å². The third kappa shape index (κ3) is 6.87. The van der Waals surface area contributed by atoms with Crippen molar-refractivity contribution in [1.29, 1.82) is 0 Å². The first-order valence-corrected chi connectivity index (χ1v) is 11.2. The molecule has 2 aromatic heterocycles. The Morgan fingerprint density at radius 3 is 2.28 bits per heavy atom. The Kier molecular flexibility index (Phi) is 9.79. The molecule has 32 heavy (non-hydrogen) atoms. The summed E-state index contributed by atoms with van der Waals surface area (Å²) >= 11 is 0. The molecule has 0 saturated heterocycles. The fourth-order valence-electron chi connectivity index (χ4n) is 3.15. The largest absolute Gasteiger partial charge is 0.411 e. The lowest BCUT2D eigenvalue weighted by molar-refractivity contribution is -0.105. The Morgan fingerprint density at radius 2 is 1.75 bits per heavy atom. The Labute approximate surface area is 190 Å². The highest BCUT2D eigenvalue weighted by atomic mass is 16.4. The minimum absolute atomic E-state index is 0.490. The minimum atomic E-state index is 0.490. The molecule has 1 aliphatic rings. The fraction of sp³-hybridized carbons (Fsp3) is 0.385. The van der Waals surface area contributed by atoms with E-state index >= 15 is 0 Å². The van der Waals surface area contributed by atoms with Crippen LogP contribution < -0.4 is 5.32 Å². The molecule has 1 amide bonds. The first kappa shape index (κ1) is 25.0. The molecule has 6 heteroatoms. The van der Waals surface area contributed by atoms with Gasteiger partial charge in [-0.3, -0.25) is 9.78 Å². The second kappa shape index (κ2) is 12.5. The van der Waals surface area contributed by atoms with Gasteiger partial charge < -0.3 is 10.5 Å². The predicted molar refractivity (Wildman–Crippen MR) is 133 cm³/mol. The molecule has 2 aromatic rings. The smallest absolute Gasteiger partial charge is 0.212 e.